The topological polar surface area (TPSA) is 127 Å². The lowest BCUT2D eigenvalue weighted by Gasteiger charge is -2.19. The van der Waals surface area contributed by atoms with Crippen molar-refractivity contribution in [3.63, 3.8) is 0 Å². The number of sulfonamides is 1. The minimum absolute atomic E-state index is 0.181. The molecule has 40 heavy (non-hydrogen) atoms. The summed E-state index contributed by atoms with van der Waals surface area (Å²) in [5.74, 6) is 1.08. The van der Waals surface area contributed by atoms with Crippen LogP contribution in [0, 0.1) is 0 Å². The van der Waals surface area contributed by atoms with Gasteiger partial charge in [-0.15, -0.1) is 0 Å². The molecule has 0 atom stereocenters. The van der Waals surface area contributed by atoms with Crippen LogP contribution >= 0.6 is 0 Å². The smallest absolute Gasteiger partial charge is 0.282 e. The quantitative estimate of drug-likeness (QED) is 0.284. The van der Waals surface area contributed by atoms with Gasteiger partial charge in [-0.3, -0.25) is 4.79 Å². The van der Waals surface area contributed by atoms with Crippen LogP contribution in [0.5, 0.6) is 11.5 Å². The van der Waals surface area contributed by atoms with Crippen molar-refractivity contribution in [2.75, 3.05) is 43.4 Å². The van der Waals surface area contributed by atoms with Crippen LogP contribution in [0.15, 0.2) is 94.6 Å². The molecule has 1 aliphatic rings. The maximum atomic E-state index is 12.9. The van der Waals surface area contributed by atoms with Gasteiger partial charge in [-0.2, -0.15) is 14.4 Å². The molecular formula is C29H35N5O5S. The number of carbonyl (C=O) groups is 1. The van der Waals surface area contributed by atoms with E-state index in [9.17, 15) is 13.2 Å². The van der Waals surface area contributed by atoms with E-state index in [4.69, 9.17) is 15.2 Å². The fourth-order valence-corrected chi connectivity index (χ4v) is 5.37. The number of nitrogens with zero attached hydrogens (tertiary/aromatic N) is 3. The molecule has 10 nitrogen and oxygen atoms in total. The first-order valence-electron chi connectivity index (χ1n) is 12.7. The summed E-state index contributed by atoms with van der Waals surface area (Å²) in [7, 11) is -0.382. The lowest BCUT2D eigenvalue weighted by molar-refractivity contribution is -0.114. The molecule has 0 aliphatic carbocycles. The number of carbonyl (C=O) groups excluding carboxylic acids is 1. The van der Waals surface area contributed by atoms with E-state index in [1.54, 1.807) is 59.4 Å². The highest BCUT2D eigenvalue weighted by Gasteiger charge is 2.29. The van der Waals surface area contributed by atoms with E-state index < -0.39 is 10.0 Å². The summed E-state index contributed by atoms with van der Waals surface area (Å²) >= 11 is 0. The van der Waals surface area contributed by atoms with Crippen LogP contribution < -0.4 is 25.5 Å². The Labute approximate surface area is 235 Å². The van der Waals surface area contributed by atoms with Gasteiger partial charge in [0.25, 0.3) is 5.91 Å². The van der Waals surface area contributed by atoms with E-state index in [1.165, 1.54) is 21.4 Å². The van der Waals surface area contributed by atoms with Gasteiger partial charge in [-0.05, 0) is 55.5 Å². The number of methoxy groups -OCH3 is 2. The maximum absolute atomic E-state index is 12.9. The first-order chi connectivity index (χ1) is 19.2. The molecule has 0 aromatic heterocycles. The Kier molecular flexibility index (Phi) is 10.3. The van der Waals surface area contributed by atoms with Gasteiger partial charge in [-0.1, -0.05) is 38.1 Å². The first kappa shape index (κ1) is 30.2. The predicted octanol–water partition coefficient (Wildman–Crippen LogP) is 4.72. The number of para-hydroxylation sites is 4. The van der Waals surface area contributed by atoms with Crippen LogP contribution in [0.25, 0.3) is 0 Å². The second-order valence-electron chi connectivity index (χ2n) is 8.53. The van der Waals surface area contributed by atoms with Crippen LogP contribution in [0.3, 0.4) is 0 Å². The van der Waals surface area contributed by atoms with Gasteiger partial charge in [-0.25, -0.2) is 8.42 Å². The third-order valence-electron chi connectivity index (χ3n) is 6.10. The zero-order valence-corrected chi connectivity index (χ0v) is 24.1. The molecule has 0 saturated heterocycles. The average molecular weight is 566 g/mol. The molecule has 1 amide bonds. The monoisotopic (exact) mass is 565 g/mol. The molecule has 11 heteroatoms. The van der Waals surface area contributed by atoms with Gasteiger partial charge in [0.1, 0.15) is 11.5 Å². The Morgan fingerprint density at radius 1 is 0.925 bits per heavy atom. The standard InChI is InChI=1S/C22H26N4O4S.C7H9NO/c1-5-25(6-2)31(28,29)18-13-11-17(12-14-18)26-22(27)19(16(3)24-26)15-23-20-9-7-8-10-21(20)30-4;1-9-7-5-3-2-4-6(7)8/h7-15,23H,5-6H2,1-4H3;2-5H,8H2,1H3. The van der Waals surface area contributed by atoms with Gasteiger partial charge >= 0.3 is 0 Å². The molecule has 0 unspecified atom stereocenters. The highest BCUT2D eigenvalue weighted by molar-refractivity contribution is 7.89. The summed E-state index contributed by atoms with van der Waals surface area (Å²) in [5, 5.41) is 8.69. The van der Waals surface area contributed by atoms with Crippen molar-refractivity contribution >= 4 is 38.7 Å². The van der Waals surface area contributed by atoms with Crippen molar-refractivity contribution in [1.82, 2.24) is 4.31 Å². The van der Waals surface area contributed by atoms with E-state index in [1.807, 2.05) is 42.5 Å². The molecule has 0 radical (unpaired) electrons. The Balaban J connectivity index is 0.000000415. The van der Waals surface area contributed by atoms with Crippen LogP contribution in [0.2, 0.25) is 0 Å². The molecule has 1 heterocycles. The fraction of sp³-hybridized carbons (Fsp3) is 0.241. The molecule has 0 spiro atoms. The number of anilines is 3. The van der Waals surface area contributed by atoms with Gasteiger partial charge in [0.2, 0.25) is 10.0 Å². The number of hydrazone groups is 1. The van der Waals surface area contributed by atoms with Crippen molar-refractivity contribution in [1.29, 1.82) is 0 Å². The van der Waals surface area contributed by atoms with Crippen molar-refractivity contribution in [3.05, 3.63) is 84.6 Å². The SMILES string of the molecule is CCN(CC)S(=O)(=O)c1ccc(N2N=C(C)C(=CNc3ccccc3OC)C2=O)cc1.COc1ccccc1N. The lowest BCUT2D eigenvalue weighted by Crippen LogP contribution is -2.30. The Bertz CT molecular complexity index is 1480. The number of nitrogen functional groups attached to an aromatic ring is 1. The Morgan fingerprint density at radius 2 is 1.50 bits per heavy atom. The summed E-state index contributed by atoms with van der Waals surface area (Å²) < 4.78 is 36.9. The summed E-state index contributed by atoms with van der Waals surface area (Å²) in [4.78, 5) is 13.1. The molecule has 3 aromatic rings. The summed E-state index contributed by atoms with van der Waals surface area (Å²) in [6.45, 7) is 6.11. The second-order valence-corrected chi connectivity index (χ2v) is 10.5. The van der Waals surface area contributed by atoms with E-state index in [0.29, 0.717) is 41.5 Å². The zero-order chi connectivity index (χ0) is 29.3. The molecule has 0 saturated carbocycles. The Morgan fingerprint density at radius 3 is 2.05 bits per heavy atom. The molecule has 0 fully saturated rings. The minimum Gasteiger partial charge on any atom is -0.495 e. The average Bonchev–Trinajstić information content (AvgIpc) is 3.25. The van der Waals surface area contributed by atoms with E-state index in [0.717, 1.165) is 11.4 Å². The van der Waals surface area contributed by atoms with Crippen molar-refractivity contribution in [3.8, 4) is 11.5 Å². The van der Waals surface area contributed by atoms with Crippen molar-refractivity contribution in [2.24, 2.45) is 5.10 Å². The molecule has 212 valence electrons. The predicted molar refractivity (Wildman–Crippen MR) is 159 cm³/mol. The van der Waals surface area contributed by atoms with Gasteiger partial charge < -0.3 is 20.5 Å². The van der Waals surface area contributed by atoms with Gasteiger partial charge in [0, 0.05) is 19.3 Å². The summed E-state index contributed by atoms with van der Waals surface area (Å²) in [6.07, 6.45) is 1.60. The van der Waals surface area contributed by atoms with Crippen LogP contribution in [-0.4, -0.2) is 51.7 Å². The van der Waals surface area contributed by atoms with E-state index in [2.05, 4.69) is 10.4 Å². The van der Waals surface area contributed by atoms with E-state index in [-0.39, 0.29) is 10.8 Å². The number of rotatable bonds is 9. The number of hydrogen-bond acceptors (Lipinski definition) is 8. The molecular weight excluding hydrogens is 530 g/mol. The van der Waals surface area contributed by atoms with Crippen LogP contribution in [-0.2, 0) is 14.8 Å². The third-order valence-corrected chi connectivity index (χ3v) is 8.17. The normalized spacial score (nSPS) is 14.1. The molecule has 0 bridgehead atoms. The Hall–Kier alpha value is -4.35. The lowest BCUT2D eigenvalue weighted by atomic mass is 10.2. The van der Waals surface area contributed by atoms with Crippen LogP contribution in [0.1, 0.15) is 20.8 Å². The summed E-state index contributed by atoms with van der Waals surface area (Å²) in [5.41, 5.74) is 8.36. The molecule has 4 rings (SSSR count). The first-order valence-corrected chi connectivity index (χ1v) is 14.1. The number of benzene rings is 3. The van der Waals surface area contributed by atoms with E-state index >= 15 is 0 Å². The number of nitrogens with one attached hydrogen (secondary N) is 1. The summed E-state index contributed by atoms with van der Waals surface area (Å²) in [6, 6.07) is 20.9. The number of hydrogen-bond donors (Lipinski definition) is 2. The van der Waals surface area contributed by atoms with Crippen molar-refractivity contribution in [2.45, 2.75) is 25.7 Å². The third kappa shape index (κ3) is 6.80. The highest BCUT2D eigenvalue weighted by atomic mass is 32.2. The maximum Gasteiger partial charge on any atom is 0.282 e. The molecule has 3 N–H and O–H groups in total. The van der Waals surface area contributed by atoms with Crippen molar-refractivity contribution < 1.29 is 22.7 Å². The van der Waals surface area contributed by atoms with Crippen LogP contribution in [0.4, 0.5) is 17.1 Å². The van der Waals surface area contributed by atoms with Gasteiger partial charge in [0.15, 0.2) is 0 Å². The number of amides is 1. The second kappa shape index (κ2) is 13.6. The molecule has 1 aliphatic heterocycles. The number of nitrogens with two attached hydrogens (primary N) is 1. The largest absolute Gasteiger partial charge is 0.495 e. The fourth-order valence-electron chi connectivity index (χ4n) is 3.91. The minimum atomic E-state index is -3.56. The molecule has 3 aromatic carbocycles. The zero-order valence-electron chi connectivity index (χ0n) is 23.3. The highest BCUT2D eigenvalue weighted by Crippen LogP contribution is 2.27. The number of ether oxygens (including phenoxy) is 2. The van der Waals surface area contributed by atoms with Gasteiger partial charge in [0.05, 0.1) is 47.5 Å².